The van der Waals surface area contributed by atoms with Crippen LogP contribution in [0.4, 0.5) is 23.3 Å². The quantitative estimate of drug-likeness (QED) is 0.356. The topological polar surface area (TPSA) is 146 Å². The summed E-state index contributed by atoms with van der Waals surface area (Å²) in [6.07, 6.45) is 3.36. The lowest BCUT2D eigenvalue weighted by atomic mass is 10.2. The number of hydrogen-bond acceptors (Lipinski definition) is 7. The molecule has 11 nitrogen and oxygen atoms in total. The fraction of sp³-hybridized carbons (Fsp3) is 0.227. The Balaban J connectivity index is 1.42. The lowest BCUT2D eigenvalue weighted by molar-refractivity contribution is -0.117. The molecule has 2 amide bonds. The Bertz CT molecular complexity index is 1330. The lowest BCUT2D eigenvalue weighted by Crippen LogP contribution is -2.40. The molecule has 1 aromatic carbocycles. The zero-order chi connectivity index (χ0) is 22.9. The molecule has 4 aromatic rings. The van der Waals surface area contributed by atoms with Gasteiger partial charge in [0.05, 0.1) is 0 Å². The molecule has 0 spiro atoms. The van der Waals surface area contributed by atoms with Crippen LogP contribution in [0.15, 0.2) is 48.7 Å². The SMILES string of the molecule is Cc1ccc(NC(=O)[C@@H]2CCCN2c2nc(Nc3cc(C(N)=O)[nH]n3)c3cccn3n2)cc1. The highest BCUT2D eigenvalue weighted by Gasteiger charge is 2.33. The highest BCUT2D eigenvalue weighted by atomic mass is 16.2. The number of rotatable bonds is 6. The van der Waals surface area contributed by atoms with Crippen LogP contribution in [0.3, 0.4) is 0 Å². The van der Waals surface area contributed by atoms with Crippen LogP contribution < -0.4 is 21.3 Å². The molecule has 1 atom stereocenters. The molecule has 33 heavy (non-hydrogen) atoms. The summed E-state index contributed by atoms with van der Waals surface area (Å²) in [5.41, 5.74) is 8.09. The predicted molar refractivity (Wildman–Crippen MR) is 124 cm³/mol. The Morgan fingerprint density at radius 3 is 2.79 bits per heavy atom. The third-order valence-corrected chi connectivity index (χ3v) is 5.60. The zero-order valence-corrected chi connectivity index (χ0v) is 17.9. The van der Waals surface area contributed by atoms with Gasteiger partial charge in [-0.05, 0) is 44.0 Å². The monoisotopic (exact) mass is 445 g/mol. The number of aromatic nitrogens is 5. The number of primary amides is 1. The number of nitrogens with two attached hydrogens (primary N) is 1. The summed E-state index contributed by atoms with van der Waals surface area (Å²) in [6.45, 7) is 2.66. The maximum atomic E-state index is 13.1. The molecule has 0 unspecified atom stereocenters. The fourth-order valence-electron chi connectivity index (χ4n) is 3.91. The van der Waals surface area contributed by atoms with Gasteiger partial charge in [0.2, 0.25) is 11.9 Å². The first kappa shape index (κ1) is 20.5. The van der Waals surface area contributed by atoms with E-state index in [-0.39, 0.29) is 17.6 Å². The number of aromatic amines is 1. The van der Waals surface area contributed by atoms with Gasteiger partial charge in [-0.15, -0.1) is 5.10 Å². The van der Waals surface area contributed by atoms with Crippen LogP contribution in [0.1, 0.15) is 28.9 Å². The molecule has 1 fully saturated rings. The Kier molecular flexibility index (Phi) is 5.13. The van der Waals surface area contributed by atoms with Gasteiger partial charge < -0.3 is 21.3 Å². The van der Waals surface area contributed by atoms with Gasteiger partial charge in [0.25, 0.3) is 5.91 Å². The van der Waals surface area contributed by atoms with E-state index in [1.54, 1.807) is 4.52 Å². The molecule has 5 N–H and O–H groups in total. The number of anilines is 4. The van der Waals surface area contributed by atoms with Crippen LogP contribution in [0.25, 0.3) is 5.52 Å². The van der Waals surface area contributed by atoms with Crippen molar-refractivity contribution in [3.8, 4) is 0 Å². The van der Waals surface area contributed by atoms with Gasteiger partial charge in [0.1, 0.15) is 17.3 Å². The van der Waals surface area contributed by atoms with E-state index in [2.05, 4.69) is 30.9 Å². The van der Waals surface area contributed by atoms with E-state index in [0.717, 1.165) is 23.2 Å². The molecule has 4 heterocycles. The summed E-state index contributed by atoms with van der Waals surface area (Å²) in [5.74, 6) is 0.615. The first-order valence-corrected chi connectivity index (χ1v) is 10.6. The number of carbonyl (C=O) groups is 2. The standard InChI is InChI=1S/C22H23N9O2/c1-13-6-8-14(9-7-13)24-21(33)17-5-2-10-30(17)22-26-20(16-4-3-11-31(16)29-22)25-18-12-15(19(23)32)27-28-18/h3-4,6-9,11-12,17H,2,5,10H2,1H3,(H2,23,32)(H,24,33)(H2,25,26,27,28,29)/t17-/m0/s1. The van der Waals surface area contributed by atoms with Crippen molar-refractivity contribution in [2.45, 2.75) is 25.8 Å². The number of aryl methyl sites for hydroxylation is 1. The van der Waals surface area contributed by atoms with Crippen LogP contribution in [0, 0.1) is 6.92 Å². The molecular formula is C22H23N9O2. The van der Waals surface area contributed by atoms with E-state index < -0.39 is 5.91 Å². The summed E-state index contributed by atoms with van der Waals surface area (Å²) >= 11 is 0. The van der Waals surface area contributed by atoms with Crippen molar-refractivity contribution in [3.63, 3.8) is 0 Å². The van der Waals surface area contributed by atoms with Gasteiger partial charge in [-0.25, -0.2) is 4.52 Å². The second kappa shape index (κ2) is 8.26. The first-order valence-electron chi connectivity index (χ1n) is 10.6. The normalized spacial score (nSPS) is 15.7. The van der Waals surface area contributed by atoms with Crippen LogP contribution in [0.5, 0.6) is 0 Å². The zero-order valence-electron chi connectivity index (χ0n) is 17.9. The van der Waals surface area contributed by atoms with Gasteiger partial charge in [-0.2, -0.15) is 10.1 Å². The van der Waals surface area contributed by atoms with Crippen molar-refractivity contribution < 1.29 is 9.59 Å². The number of hydrogen-bond donors (Lipinski definition) is 4. The average Bonchev–Trinajstić information content (AvgIpc) is 3.55. The minimum atomic E-state index is -0.605. The minimum absolute atomic E-state index is 0.0968. The number of H-pyrrole nitrogens is 1. The summed E-state index contributed by atoms with van der Waals surface area (Å²) in [5, 5.41) is 17.4. The predicted octanol–water partition coefficient (Wildman–Crippen LogP) is 2.21. The van der Waals surface area contributed by atoms with Crippen LogP contribution in [-0.2, 0) is 4.79 Å². The average molecular weight is 445 g/mol. The third-order valence-electron chi connectivity index (χ3n) is 5.60. The van der Waals surface area contributed by atoms with E-state index in [1.807, 2.05) is 54.4 Å². The lowest BCUT2D eigenvalue weighted by Gasteiger charge is -2.24. The largest absolute Gasteiger partial charge is 0.364 e. The van der Waals surface area contributed by atoms with E-state index in [1.165, 1.54) is 6.07 Å². The Hall–Kier alpha value is -4.41. The van der Waals surface area contributed by atoms with Crippen molar-refractivity contribution in [2.75, 3.05) is 22.1 Å². The van der Waals surface area contributed by atoms with Gasteiger partial charge >= 0.3 is 0 Å². The minimum Gasteiger partial charge on any atom is -0.364 e. The molecule has 0 bridgehead atoms. The number of carbonyl (C=O) groups excluding carboxylic acids is 2. The smallest absolute Gasteiger partial charge is 0.266 e. The van der Waals surface area contributed by atoms with Crippen LogP contribution in [0.2, 0.25) is 0 Å². The summed E-state index contributed by atoms with van der Waals surface area (Å²) in [6, 6.07) is 12.5. The molecule has 0 aliphatic carbocycles. The number of benzene rings is 1. The van der Waals surface area contributed by atoms with Gasteiger partial charge in [-0.3, -0.25) is 14.7 Å². The van der Waals surface area contributed by atoms with Gasteiger partial charge in [-0.1, -0.05) is 17.7 Å². The van der Waals surface area contributed by atoms with E-state index in [0.29, 0.717) is 30.5 Å². The van der Waals surface area contributed by atoms with Gasteiger partial charge in [0.15, 0.2) is 11.6 Å². The van der Waals surface area contributed by atoms with E-state index >= 15 is 0 Å². The number of nitrogens with one attached hydrogen (secondary N) is 3. The van der Waals surface area contributed by atoms with Crippen molar-refractivity contribution in [3.05, 3.63) is 59.9 Å². The number of nitrogens with zero attached hydrogens (tertiary/aromatic N) is 5. The van der Waals surface area contributed by atoms with Crippen LogP contribution >= 0.6 is 0 Å². The molecule has 0 radical (unpaired) electrons. The molecule has 1 aliphatic rings. The van der Waals surface area contributed by atoms with Crippen molar-refractivity contribution in [2.24, 2.45) is 5.73 Å². The van der Waals surface area contributed by atoms with E-state index in [9.17, 15) is 9.59 Å². The van der Waals surface area contributed by atoms with Crippen molar-refractivity contribution >= 4 is 40.6 Å². The summed E-state index contributed by atoms with van der Waals surface area (Å²) in [7, 11) is 0. The fourth-order valence-corrected chi connectivity index (χ4v) is 3.91. The van der Waals surface area contributed by atoms with Gasteiger partial charge in [0, 0.05) is 24.5 Å². The Morgan fingerprint density at radius 2 is 2.03 bits per heavy atom. The third kappa shape index (κ3) is 4.07. The molecular weight excluding hydrogens is 422 g/mol. The number of fused-ring (bicyclic) bond motifs is 1. The molecule has 5 rings (SSSR count). The van der Waals surface area contributed by atoms with Crippen LogP contribution in [-0.4, -0.2) is 49.2 Å². The maximum absolute atomic E-state index is 13.1. The maximum Gasteiger partial charge on any atom is 0.266 e. The van der Waals surface area contributed by atoms with Crippen molar-refractivity contribution in [1.82, 2.24) is 24.8 Å². The van der Waals surface area contributed by atoms with Crippen molar-refractivity contribution in [1.29, 1.82) is 0 Å². The molecule has 0 saturated carbocycles. The molecule has 3 aromatic heterocycles. The molecule has 1 aliphatic heterocycles. The summed E-state index contributed by atoms with van der Waals surface area (Å²) in [4.78, 5) is 31.0. The second-order valence-electron chi connectivity index (χ2n) is 7.96. The molecule has 1 saturated heterocycles. The van der Waals surface area contributed by atoms with E-state index in [4.69, 9.17) is 5.73 Å². The highest BCUT2D eigenvalue weighted by Crippen LogP contribution is 2.27. The Labute approximate surface area is 189 Å². The molecule has 168 valence electrons. The summed E-state index contributed by atoms with van der Waals surface area (Å²) < 4.78 is 1.69. The molecule has 11 heteroatoms. The second-order valence-corrected chi connectivity index (χ2v) is 7.96. The Morgan fingerprint density at radius 1 is 1.21 bits per heavy atom. The highest BCUT2D eigenvalue weighted by molar-refractivity contribution is 5.97. The first-order chi connectivity index (χ1) is 16.0. The number of amides is 2.